The number of fused-ring (bicyclic) bond motifs is 1. The molecule has 0 unspecified atom stereocenters. The van der Waals surface area contributed by atoms with Crippen molar-refractivity contribution in [3.8, 4) is 0 Å². The maximum atomic E-state index is 10.3. The molecule has 0 amide bonds. The molecule has 1 aromatic heterocycles. The topological polar surface area (TPSA) is 75.4 Å². The second-order valence-corrected chi connectivity index (χ2v) is 3.24. The monoisotopic (exact) mass is 206 g/mol. The van der Waals surface area contributed by atoms with Gasteiger partial charge in [-0.2, -0.15) is 4.98 Å². The summed E-state index contributed by atoms with van der Waals surface area (Å²) in [7, 11) is 0. The maximum Gasteiger partial charge on any atom is 0.323 e. The Morgan fingerprint density at radius 1 is 1.60 bits per heavy atom. The van der Waals surface area contributed by atoms with Crippen molar-refractivity contribution in [1.29, 1.82) is 0 Å². The van der Waals surface area contributed by atoms with Crippen molar-refractivity contribution in [2.75, 3.05) is 11.9 Å². The van der Waals surface area contributed by atoms with Crippen LogP contribution in [0, 0.1) is 6.92 Å². The lowest BCUT2D eigenvalue weighted by Gasteiger charge is -1.93. The molecule has 0 saturated carbocycles. The first-order valence-electron chi connectivity index (χ1n) is 4.48. The zero-order valence-corrected chi connectivity index (χ0v) is 8.15. The summed E-state index contributed by atoms with van der Waals surface area (Å²) in [5.41, 5.74) is 2.46. The van der Waals surface area contributed by atoms with Crippen molar-refractivity contribution < 1.29 is 14.3 Å². The zero-order valence-electron chi connectivity index (χ0n) is 8.15. The van der Waals surface area contributed by atoms with Crippen molar-refractivity contribution in [2.45, 2.75) is 6.92 Å². The maximum absolute atomic E-state index is 10.3. The van der Waals surface area contributed by atoms with Gasteiger partial charge < -0.3 is 14.8 Å². The summed E-state index contributed by atoms with van der Waals surface area (Å²) >= 11 is 0. The Balaban J connectivity index is 2.27. The van der Waals surface area contributed by atoms with E-state index in [4.69, 9.17) is 9.52 Å². The summed E-state index contributed by atoms with van der Waals surface area (Å²) in [5.74, 6) is -0.951. The van der Waals surface area contributed by atoms with Crippen molar-refractivity contribution in [3.05, 3.63) is 23.8 Å². The van der Waals surface area contributed by atoms with Crippen molar-refractivity contribution in [3.63, 3.8) is 0 Å². The minimum absolute atomic E-state index is 0.203. The molecule has 0 atom stereocenters. The van der Waals surface area contributed by atoms with Crippen molar-refractivity contribution in [1.82, 2.24) is 4.98 Å². The molecule has 15 heavy (non-hydrogen) atoms. The normalized spacial score (nSPS) is 10.5. The van der Waals surface area contributed by atoms with Crippen LogP contribution >= 0.6 is 0 Å². The predicted molar refractivity (Wildman–Crippen MR) is 54.9 cm³/mol. The summed E-state index contributed by atoms with van der Waals surface area (Å²) in [6, 6.07) is 5.83. The van der Waals surface area contributed by atoms with Crippen LogP contribution in [0.1, 0.15) is 5.56 Å². The molecule has 0 radical (unpaired) electrons. The van der Waals surface area contributed by atoms with Crippen LogP contribution in [-0.2, 0) is 4.79 Å². The molecule has 0 bridgehead atoms. The summed E-state index contributed by atoms with van der Waals surface area (Å²) in [4.78, 5) is 14.4. The Bertz CT molecular complexity index is 504. The number of carboxylic acids is 1. The van der Waals surface area contributed by atoms with Crippen LogP contribution < -0.4 is 5.32 Å². The van der Waals surface area contributed by atoms with Crippen LogP contribution in [0.25, 0.3) is 11.1 Å². The molecule has 5 heteroatoms. The molecule has 1 heterocycles. The number of nitrogens with zero attached hydrogens (tertiary/aromatic N) is 1. The largest absolute Gasteiger partial charge is 0.480 e. The fourth-order valence-electron chi connectivity index (χ4n) is 1.26. The van der Waals surface area contributed by atoms with Gasteiger partial charge in [0.1, 0.15) is 12.1 Å². The standard InChI is InChI=1S/C10H10N2O3/c1-6-2-3-8-7(4-6)12-10(15-8)11-5-9(13)14/h2-4H,5H2,1H3,(H,11,12)(H,13,14). The van der Waals surface area contributed by atoms with E-state index in [0.29, 0.717) is 5.58 Å². The third kappa shape index (κ3) is 2.07. The van der Waals surface area contributed by atoms with E-state index in [2.05, 4.69) is 10.3 Å². The van der Waals surface area contributed by atoms with Gasteiger partial charge in [-0.25, -0.2) is 0 Å². The second-order valence-electron chi connectivity index (χ2n) is 3.24. The van der Waals surface area contributed by atoms with E-state index < -0.39 is 5.97 Å². The van der Waals surface area contributed by atoms with E-state index in [-0.39, 0.29) is 12.6 Å². The molecular weight excluding hydrogens is 196 g/mol. The first-order chi connectivity index (χ1) is 7.15. The number of aryl methyl sites for hydroxylation is 1. The number of carboxylic acid groups (broad SMARTS) is 1. The van der Waals surface area contributed by atoms with Crippen LogP contribution in [0.15, 0.2) is 22.6 Å². The summed E-state index contributed by atoms with van der Waals surface area (Å²) in [5, 5.41) is 11.0. The second kappa shape index (κ2) is 3.61. The van der Waals surface area contributed by atoms with Crippen LogP contribution in [0.2, 0.25) is 0 Å². The molecule has 78 valence electrons. The van der Waals surface area contributed by atoms with Gasteiger partial charge in [0.15, 0.2) is 5.58 Å². The molecule has 0 aliphatic heterocycles. The number of nitrogens with one attached hydrogen (secondary N) is 1. The van der Waals surface area contributed by atoms with Gasteiger partial charge in [0.05, 0.1) is 0 Å². The average Bonchev–Trinajstić information content (AvgIpc) is 2.56. The van der Waals surface area contributed by atoms with Crippen molar-refractivity contribution in [2.24, 2.45) is 0 Å². The third-order valence-electron chi connectivity index (χ3n) is 1.93. The minimum Gasteiger partial charge on any atom is -0.480 e. The average molecular weight is 206 g/mol. The number of rotatable bonds is 3. The number of hydrogen-bond donors (Lipinski definition) is 2. The fourth-order valence-corrected chi connectivity index (χ4v) is 1.26. The number of benzene rings is 1. The molecular formula is C10H10N2O3. The Hall–Kier alpha value is -2.04. The van der Waals surface area contributed by atoms with Gasteiger partial charge in [0.25, 0.3) is 6.01 Å². The van der Waals surface area contributed by atoms with E-state index in [0.717, 1.165) is 11.1 Å². The highest BCUT2D eigenvalue weighted by atomic mass is 16.4. The molecule has 5 nitrogen and oxygen atoms in total. The Kier molecular flexibility index (Phi) is 2.29. The summed E-state index contributed by atoms with van der Waals surface area (Å²) in [6.45, 7) is 1.75. The number of carbonyl (C=O) groups is 1. The minimum atomic E-state index is -0.951. The Morgan fingerprint density at radius 3 is 3.13 bits per heavy atom. The van der Waals surface area contributed by atoms with E-state index >= 15 is 0 Å². The lowest BCUT2D eigenvalue weighted by Crippen LogP contribution is -2.12. The van der Waals surface area contributed by atoms with E-state index in [1.807, 2.05) is 25.1 Å². The van der Waals surface area contributed by atoms with Gasteiger partial charge in [-0.05, 0) is 24.6 Å². The Morgan fingerprint density at radius 2 is 2.40 bits per heavy atom. The number of anilines is 1. The molecule has 1 aromatic carbocycles. The fraction of sp³-hybridized carbons (Fsp3) is 0.200. The van der Waals surface area contributed by atoms with Crippen molar-refractivity contribution >= 4 is 23.1 Å². The SMILES string of the molecule is Cc1ccc2oc(NCC(=O)O)nc2c1. The highest BCUT2D eigenvalue weighted by molar-refractivity contribution is 5.76. The predicted octanol–water partition coefficient (Wildman–Crippen LogP) is 1.63. The first-order valence-corrected chi connectivity index (χ1v) is 4.48. The molecule has 0 aliphatic rings. The molecule has 2 rings (SSSR count). The van der Waals surface area contributed by atoms with Gasteiger partial charge in [-0.3, -0.25) is 4.79 Å². The molecule has 0 spiro atoms. The highest BCUT2D eigenvalue weighted by Gasteiger charge is 2.06. The van der Waals surface area contributed by atoms with Gasteiger partial charge in [0, 0.05) is 0 Å². The van der Waals surface area contributed by atoms with Crippen LogP contribution in [-0.4, -0.2) is 22.6 Å². The summed E-state index contributed by atoms with van der Waals surface area (Å²) in [6.07, 6.45) is 0. The number of hydrogen-bond acceptors (Lipinski definition) is 4. The number of oxazole rings is 1. The summed E-state index contributed by atoms with van der Waals surface area (Å²) < 4.78 is 5.29. The zero-order chi connectivity index (χ0) is 10.8. The Labute approximate surface area is 85.7 Å². The molecule has 0 aliphatic carbocycles. The van der Waals surface area contributed by atoms with Gasteiger partial charge in [-0.1, -0.05) is 6.07 Å². The number of aliphatic carboxylic acids is 1. The smallest absolute Gasteiger partial charge is 0.323 e. The van der Waals surface area contributed by atoms with E-state index in [1.54, 1.807) is 0 Å². The third-order valence-corrected chi connectivity index (χ3v) is 1.93. The van der Waals surface area contributed by atoms with Gasteiger partial charge in [-0.15, -0.1) is 0 Å². The number of aromatic nitrogens is 1. The molecule has 0 fully saturated rings. The highest BCUT2D eigenvalue weighted by Crippen LogP contribution is 2.19. The lowest BCUT2D eigenvalue weighted by molar-refractivity contribution is -0.134. The molecule has 0 saturated heterocycles. The van der Waals surface area contributed by atoms with E-state index in [1.165, 1.54) is 0 Å². The van der Waals surface area contributed by atoms with Crippen LogP contribution in [0.3, 0.4) is 0 Å². The first kappa shape index (κ1) is 9.51. The lowest BCUT2D eigenvalue weighted by atomic mass is 10.2. The molecule has 2 aromatic rings. The van der Waals surface area contributed by atoms with Gasteiger partial charge >= 0.3 is 5.97 Å². The van der Waals surface area contributed by atoms with Gasteiger partial charge in [0.2, 0.25) is 0 Å². The molecule has 2 N–H and O–H groups in total. The van der Waals surface area contributed by atoms with Crippen LogP contribution in [0.4, 0.5) is 6.01 Å². The quantitative estimate of drug-likeness (QED) is 0.798. The van der Waals surface area contributed by atoms with E-state index in [9.17, 15) is 4.79 Å². The van der Waals surface area contributed by atoms with Crippen LogP contribution in [0.5, 0.6) is 0 Å².